The van der Waals surface area contributed by atoms with Gasteiger partial charge in [-0.05, 0) is 53.6 Å². The molecule has 1 saturated carbocycles. The SMILES string of the molecule is COc1ccc(I)cc1C(O)C1CCCCC1C(=O)O. The lowest BCUT2D eigenvalue weighted by Crippen LogP contribution is -2.31. The molecular formula is C15H19IO4. The van der Waals surface area contributed by atoms with Gasteiger partial charge in [0.1, 0.15) is 5.75 Å². The van der Waals surface area contributed by atoms with Gasteiger partial charge in [-0.1, -0.05) is 12.8 Å². The van der Waals surface area contributed by atoms with Crippen LogP contribution in [0, 0.1) is 15.4 Å². The number of benzene rings is 1. The molecule has 3 unspecified atom stereocenters. The second-order valence-electron chi connectivity index (χ2n) is 5.22. The van der Waals surface area contributed by atoms with Crippen LogP contribution in [0.2, 0.25) is 0 Å². The molecule has 0 amide bonds. The molecule has 1 aromatic rings. The molecule has 20 heavy (non-hydrogen) atoms. The van der Waals surface area contributed by atoms with E-state index < -0.39 is 18.0 Å². The average Bonchev–Trinajstić information content (AvgIpc) is 2.46. The van der Waals surface area contributed by atoms with E-state index in [1.165, 1.54) is 0 Å². The second-order valence-corrected chi connectivity index (χ2v) is 6.47. The standard InChI is InChI=1S/C15H19IO4/c1-20-13-7-6-9(16)8-12(13)14(17)10-4-2-3-5-11(10)15(18)19/h6-8,10-11,14,17H,2-5H2,1H3,(H,18,19). The molecule has 0 heterocycles. The Kier molecular flexibility index (Phi) is 5.26. The van der Waals surface area contributed by atoms with E-state index in [0.29, 0.717) is 17.7 Å². The number of hydrogen-bond donors (Lipinski definition) is 2. The Labute approximate surface area is 132 Å². The number of aliphatic hydroxyl groups is 1. The number of carbonyl (C=O) groups is 1. The van der Waals surface area contributed by atoms with E-state index in [4.69, 9.17) is 4.74 Å². The van der Waals surface area contributed by atoms with Crippen LogP contribution in [-0.4, -0.2) is 23.3 Å². The van der Waals surface area contributed by atoms with Gasteiger partial charge < -0.3 is 14.9 Å². The fourth-order valence-electron chi connectivity index (χ4n) is 3.01. The maximum atomic E-state index is 11.4. The predicted octanol–water partition coefficient (Wildman–Crippen LogP) is 3.22. The number of carboxylic acid groups (broad SMARTS) is 1. The molecule has 4 nitrogen and oxygen atoms in total. The summed E-state index contributed by atoms with van der Waals surface area (Å²) in [6, 6.07) is 5.60. The van der Waals surface area contributed by atoms with Crippen LogP contribution in [-0.2, 0) is 4.79 Å². The van der Waals surface area contributed by atoms with Crippen LogP contribution in [0.25, 0.3) is 0 Å². The number of hydrogen-bond acceptors (Lipinski definition) is 3. The van der Waals surface area contributed by atoms with Gasteiger partial charge in [0.15, 0.2) is 0 Å². The highest BCUT2D eigenvalue weighted by atomic mass is 127. The summed E-state index contributed by atoms with van der Waals surface area (Å²) in [6.07, 6.45) is 2.48. The smallest absolute Gasteiger partial charge is 0.306 e. The highest BCUT2D eigenvalue weighted by Gasteiger charge is 2.37. The second kappa shape index (κ2) is 6.76. The third-order valence-electron chi connectivity index (χ3n) is 4.05. The van der Waals surface area contributed by atoms with Gasteiger partial charge in [-0.25, -0.2) is 0 Å². The van der Waals surface area contributed by atoms with Crippen molar-refractivity contribution in [3.63, 3.8) is 0 Å². The largest absolute Gasteiger partial charge is 0.496 e. The Bertz CT molecular complexity index is 489. The number of ether oxygens (including phenoxy) is 1. The van der Waals surface area contributed by atoms with E-state index in [1.807, 2.05) is 18.2 Å². The number of carboxylic acids is 1. The van der Waals surface area contributed by atoms with Crippen LogP contribution >= 0.6 is 22.6 Å². The molecule has 0 radical (unpaired) electrons. The van der Waals surface area contributed by atoms with Crippen molar-refractivity contribution in [2.45, 2.75) is 31.8 Å². The maximum Gasteiger partial charge on any atom is 0.306 e. The van der Waals surface area contributed by atoms with E-state index in [1.54, 1.807) is 7.11 Å². The monoisotopic (exact) mass is 390 g/mol. The van der Waals surface area contributed by atoms with E-state index in [2.05, 4.69) is 22.6 Å². The Morgan fingerprint density at radius 3 is 2.75 bits per heavy atom. The van der Waals surface area contributed by atoms with Gasteiger partial charge in [0, 0.05) is 15.1 Å². The van der Waals surface area contributed by atoms with Crippen LogP contribution in [0.1, 0.15) is 37.4 Å². The molecule has 0 aliphatic heterocycles. The summed E-state index contributed by atoms with van der Waals surface area (Å²) >= 11 is 2.18. The lowest BCUT2D eigenvalue weighted by molar-refractivity contribution is -0.147. The van der Waals surface area contributed by atoms with Gasteiger partial charge in [-0.2, -0.15) is 0 Å². The molecule has 2 rings (SSSR count). The van der Waals surface area contributed by atoms with Gasteiger partial charge in [-0.3, -0.25) is 4.79 Å². The summed E-state index contributed by atoms with van der Waals surface area (Å²) < 4.78 is 6.30. The van der Waals surface area contributed by atoms with Gasteiger partial charge in [0.25, 0.3) is 0 Å². The number of aliphatic carboxylic acids is 1. The minimum absolute atomic E-state index is 0.242. The van der Waals surface area contributed by atoms with Crippen LogP contribution in [0.4, 0.5) is 0 Å². The third-order valence-corrected chi connectivity index (χ3v) is 4.72. The lowest BCUT2D eigenvalue weighted by Gasteiger charge is -2.33. The Morgan fingerprint density at radius 2 is 2.10 bits per heavy atom. The van der Waals surface area contributed by atoms with Gasteiger partial charge >= 0.3 is 5.97 Å². The first-order valence-corrected chi connectivity index (χ1v) is 7.86. The van der Waals surface area contributed by atoms with E-state index >= 15 is 0 Å². The molecular weight excluding hydrogens is 371 g/mol. The predicted molar refractivity (Wildman–Crippen MR) is 83.8 cm³/mol. The number of methoxy groups -OCH3 is 1. The van der Waals surface area contributed by atoms with Crippen LogP contribution < -0.4 is 4.74 Å². The molecule has 0 spiro atoms. The zero-order valence-corrected chi connectivity index (χ0v) is 13.5. The lowest BCUT2D eigenvalue weighted by atomic mass is 9.74. The Morgan fingerprint density at radius 1 is 1.40 bits per heavy atom. The van der Waals surface area contributed by atoms with Gasteiger partial charge in [0.2, 0.25) is 0 Å². The first-order valence-electron chi connectivity index (χ1n) is 6.79. The molecule has 1 aromatic carbocycles. The summed E-state index contributed by atoms with van der Waals surface area (Å²) in [4.78, 5) is 11.4. The van der Waals surface area contributed by atoms with Crippen molar-refractivity contribution < 1.29 is 19.7 Å². The van der Waals surface area contributed by atoms with Crippen LogP contribution in [0.3, 0.4) is 0 Å². The molecule has 3 atom stereocenters. The van der Waals surface area contributed by atoms with Crippen LogP contribution in [0.5, 0.6) is 5.75 Å². The molecule has 2 N–H and O–H groups in total. The van der Waals surface area contributed by atoms with Crippen molar-refractivity contribution >= 4 is 28.6 Å². The normalized spacial score (nSPS) is 24.1. The minimum Gasteiger partial charge on any atom is -0.496 e. The molecule has 1 aliphatic carbocycles. The van der Waals surface area contributed by atoms with Crippen molar-refractivity contribution in [2.75, 3.05) is 7.11 Å². The zero-order chi connectivity index (χ0) is 14.7. The van der Waals surface area contributed by atoms with Crippen molar-refractivity contribution in [3.8, 4) is 5.75 Å². The van der Waals surface area contributed by atoms with Gasteiger partial charge in [-0.15, -0.1) is 0 Å². The highest BCUT2D eigenvalue weighted by molar-refractivity contribution is 14.1. The molecule has 110 valence electrons. The van der Waals surface area contributed by atoms with Crippen molar-refractivity contribution in [3.05, 3.63) is 27.3 Å². The molecule has 1 aliphatic rings. The van der Waals surface area contributed by atoms with Gasteiger partial charge in [0.05, 0.1) is 19.1 Å². The molecule has 5 heteroatoms. The zero-order valence-electron chi connectivity index (χ0n) is 11.4. The van der Waals surface area contributed by atoms with Crippen molar-refractivity contribution in [1.29, 1.82) is 0 Å². The summed E-state index contributed by atoms with van der Waals surface area (Å²) in [5.74, 6) is -0.902. The maximum absolute atomic E-state index is 11.4. The minimum atomic E-state index is -0.807. The molecule has 1 fully saturated rings. The summed E-state index contributed by atoms with van der Waals surface area (Å²) in [7, 11) is 1.56. The molecule has 0 aromatic heterocycles. The molecule has 0 saturated heterocycles. The first-order chi connectivity index (χ1) is 9.54. The van der Waals surface area contributed by atoms with E-state index in [9.17, 15) is 15.0 Å². The third kappa shape index (κ3) is 3.25. The van der Waals surface area contributed by atoms with E-state index in [0.717, 1.165) is 22.8 Å². The van der Waals surface area contributed by atoms with Crippen molar-refractivity contribution in [1.82, 2.24) is 0 Å². The fraction of sp³-hybridized carbons (Fsp3) is 0.533. The Hall–Kier alpha value is -0.820. The highest BCUT2D eigenvalue weighted by Crippen LogP contribution is 2.41. The quantitative estimate of drug-likeness (QED) is 0.775. The summed E-state index contributed by atoms with van der Waals surface area (Å²) in [5, 5.41) is 20.0. The summed E-state index contributed by atoms with van der Waals surface area (Å²) in [5.41, 5.74) is 0.692. The number of aliphatic hydroxyl groups excluding tert-OH is 1. The van der Waals surface area contributed by atoms with Crippen LogP contribution in [0.15, 0.2) is 18.2 Å². The van der Waals surface area contributed by atoms with Crippen molar-refractivity contribution in [2.24, 2.45) is 11.8 Å². The topological polar surface area (TPSA) is 66.8 Å². The summed E-state index contributed by atoms with van der Waals surface area (Å²) in [6.45, 7) is 0. The number of halogens is 1. The fourth-order valence-corrected chi connectivity index (χ4v) is 3.53. The first kappa shape index (κ1) is 15.6. The molecule has 0 bridgehead atoms. The average molecular weight is 390 g/mol. The van der Waals surface area contributed by atoms with E-state index in [-0.39, 0.29) is 5.92 Å². The number of rotatable bonds is 4. The Balaban J connectivity index is 2.31.